The van der Waals surface area contributed by atoms with Crippen molar-refractivity contribution >= 4 is 49.7 Å². The molecule has 0 saturated carbocycles. The predicted molar refractivity (Wildman–Crippen MR) is 320 cm³/mol. The molecule has 0 aromatic rings. The Kier molecular flexibility index (Phi) is 45.1. The van der Waals surface area contributed by atoms with Crippen molar-refractivity contribution < 1.29 is 92.0 Å². The molecular formula is C59H112N6O19P+. The van der Waals surface area contributed by atoms with Crippen molar-refractivity contribution in [3.05, 3.63) is 0 Å². The van der Waals surface area contributed by atoms with E-state index in [1.54, 1.807) is 0 Å². The Morgan fingerprint density at radius 2 is 1.15 bits per heavy atom. The minimum absolute atomic E-state index is 0.00996. The van der Waals surface area contributed by atoms with Gasteiger partial charge in [0, 0.05) is 36.9 Å². The normalized spacial score (nSPS) is 19.8. The van der Waals surface area contributed by atoms with Crippen LogP contribution < -0.4 is 28.3 Å². The smallest absolute Gasteiger partial charge is 0.479 e. The van der Waals surface area contributed by atoms with Crippen molar-refractivity contribution in [3.63, 3.8) is 0 Å². The maximum atomic E-state index is 14.2. The van der Waals surface area contributed by atoms with Crippen LogP contribution in [0.15, 0.2) is 0 Å². The van der Waals surface area contributed by atoms with Crippen LogP contribution in [0.1, 0.15) is 234 Å². The van der Waals surface area contributed by atoms with Crippen molar-refractivity contribution in [2.24, 2.45) is 22.9 Å². The quantitative estimate of drug-likeness (QED) is 0.0160. The van der Waals surface area contributed by atoms with Crippen molar-refractivity contribution in [2.75, 3.05) is 32.9 Å². The summed E-state index contributed by atoms with van der Waals surface area (Å²) in [7, 11) is -2.44. The number of carboxylic acids is 1. The van der Waals surface area contributed by atoms with E-state index in [2.05, 4.69) is 23.7 Å². The summed E-state index contributed by atoms with van der Waals surface area (Å²) in [6.45, 7) is 7.10. The molecule has 15 N–H and O–H groups in total. The number of rotatable bonds is 50. The molecule has 496 valence electrons. The van der Waals surface area contributed by atoms with Gasteiger partial charge in [0.1, 0.15) is 36.5 Å². The Balaban J connectivity index is 0.00000942. The van der Waals surface area contributed by atoms with E-state index in [-0.39, 0.29) is 26.0 Å². The lowest BCUT2D eigenvalue weighted by Gasteiger charge is -2.43. The summed E-state index contributed by atoms with van der Waals surface area (Å²) in [6, 6.07) is -3.02. The molecule has 0 aromatic carbocycles. The number of Topliss-reactive ketones (excluding diaryl/α,β-unsaturated/α-hetero) is 1. The molecule has 1 aliphatic heterocycles. The van der Waals surface area contributed by atoms with Gasteiger partial charge in [-0.25, -0.2) is 4.79 Å². The van der Waals surface area contributed by atoms with Crippen LogP contribution >= 0.6 is 8.25 Å². The van der Waals surface area contributed by atoms with Crippen LogP contribution in [0.25, 0.3) is 0 Å². The highest BCUT2D eigenvalue weighted by Gasteiger charge is 2.50. The van der Waals surface area contributed by atoms with Crippen LogP contribution in [0.4, 0.5) is 0 Å². The third-order valence-corrected chi connectivity index (χ3v) is 15.8. The molecule has 25 nitrogen and oxygen atoms in total. The number of esters is 2. The second-order valence-corrected chi connectivity index (χ2v) is 23.6. The summed E-state index contributed by atoms with van der Waals surface area (Å²) in [5.41, 5.74) is 18.5. The number of ether oxygens (including phenoxy) is 4. The maximum Gasteiger partial charge on any atom is 0.694 e. The van der Waals surface area contributed by atoms with Gasteiger partial charge < -0.3 is 77.6 Å². The second-order valence-electron chi connectivity index (χ2n) is 22.9. The Morgan fingerprint density at radius 3 is 1.52 bits per heavy atom. The average Bonchev–Trinajstić information content (AvgIpc) is 2.11. The lowest BCUT2D eigenvalue weighted by molar-refractivity contribution is -0.263. The first-order valence-corrected chi connectivity index (χ1v) is 32.4. The van der Waals surface area contributed by atoms with Crippen LogP contribution in [0.5, 0.6) is 0 Å². The van der Waals surface area contributed by atoms with E-state index in [0.717, 1.165) is 78.6 Å². The highest BCUT2D eigenvalue weighted by atomic mass is 31.1. The number of nitrogens with one attached hydrogen (secondary N) is 1. The van der Waals surface area contributed by atoms with Gasteiger partial charge in [0.25, 0.3) is 0 Å². The number of carboxylic acid groups (broad SMARTS) is 1. The molecule has 12 atom stereocenters. The van der Waals surface area contributed by atoms with Crippen LogP contribution in [0, 0.1) is 0 Å². The molecule has 3 unspecified atom stereocenters. The Morgan fingerprint density at radius 1 is 0.718 bits per heavy atom. The standard InChI is InChI=1S/C57H105N5O16.C2H6NO3P/c1-7-9-11-13-15-17-19-21-23-25-27-29-31-33-46(67)76-44(39-64)51(78-47(68)34-32-30-28-26-24-22-20-18-16-14-12-10-8-2)56(5,60)54(72)61-42(52(59)70)35-36-45(66)62(57(6,41(4)65)55(73)74)37-40(3)75-50-48(58)53(71)77-43(38-63)49(50)69;3-1-2-6-7(4)5/h40,42-44,48-51,53,63-64,69,71H,7-39,58,60H2,1-6H3,(H2,59,70)(H,61,72)(H,73,74);1-3H2/p+1/t40?,42-,43-,44+,48-,49-,50-,51?,53+,56-,57-;/m1./s1. The highest BCUT2D eigenvalue weighted by molar-refractivity contribution is 7.32. The predicted octanol–water partition coefficient (Wildman–Crippen LogP) is 5.28. The van der Waals surface area contributed by atoms with E-state index < -0.39 is 148 Å². The van der Waals surface area contributed by atoms with E-state index in [1.165, 1.54) is 103 Å². The molecule has 1 rings (SSSR count). The maximum absolute atomic E-state index is 14.2. The van der Waals surface area contributed by atoms with Gasteiger partial charge in [-0.1, -0.05) is 168 Å². The number of primary amides is 1. The number of unbranched alkanes of at least 4 members (excludes halogenated alkanes) is 24. The highest BCUT2D eigenvalue weighted by Crippen LogP contribution is 2.27. The zero-order valence-corrected chi connectivity index (χ0v) is 53.0. The number of nitrogens with zero attached hydrogens (tertiary/aromatic N) is 1. The molecule has 26 heteroatoms. The van der Waals surface area contributed by atoms with Gasteiger partial charge in [-0.05, 0) is 47.0 Å². The summed E-state index contributed by atoms with van der Waals surface area (Å²) < 4.78 is 36.2. The second kappa shape index (κ2) is 47.2. The third-order valence-electron chi connectivity index (χ3n) is 15.4. The van der Waals surface area contributed by atoms with E-state index in [4.69, 9.17) is 46.8 Å². The molecule has 0 bridgehead atoms. The molecule has 1 aliphatic rings. The summed E-state index contributed by atoms with van der Waals surface area (Å²) in [6.07, 6.45) is 16.6. The first kappa shape index (κ1) is 81.2. The molecule has 0 aliphatic carbocycles. The number of ketones is 1. The number of aliphatic hydroxyl groups excluding tert-OH is 4. The largest absolute Gasteiger partial charge is 0.694 e. The van der Waals surface area contributed by atoms with Crippen LogP contribution in [-0.2, 0) is 61.6 Å². The molecular weight excluding hydrogens is 1130 g/mol. The first-order valence-electron chi connectivity index (χ1n) is 31.3. The number of aliphatic hydroxyl groups is 4. The van der Waals surface area contributed by atoms with Gasteiger partial charge in [-0.2, -0.15) is 0 Å². The molecule has 3 amide bonds. The zero-order valence-electron chi connectivity index (χ0n) is 52.1. The van der Waals surface area contributed by atoms with Crippen LogP contribution in [-0.4, -0.2) is 176 Å². The fourth-order valence-corrected chi connectivity index (χ4v) is 10.1. The van der Waals surface area contributed by atoms with Crippen molar-refractivity contribution in [3.8, 4) is 0 Å². The minimum Gasteiger partial charge on any atom is -0.479 e. The molecule has 1 fully saturated rings. The van der Waals surface area contributed by atoms with E-state index in [0.29, 0.717) is 17.7 Å². The van der Waals surface area contributed by atoms with E-state index >= 15 is 0 Å². The fourth-order valence-electron chi connectivity index (χ4n) is 9.88. The summed E-state index contributed by atoms with van der Waals surface area (Å²) in [5, 5.41) is 54.0. The first-order chi connectivity index (χ1) is 40.3. The Labute approximate surface area is 506 Å². The Hall–Kier alpha value is -3.85. The number of amides is 3. The fraction of sp³-hybridized carbons (Fsp3) is 0.881. The number of hydrogen-bond donors (Lipinski definition) is 11. The van der Waals surface area contributed by atoms with Gasteiger partial charge in [0.15, 0.2) is 29.8 Å². The van der Waals surface area contributed by atoms with Gasteiger partial charge in [0.05, 0.1) is 25.4 Å². The molecule has 1 saturated heterocycles. The lowest BCUT2D eigenvalue weighted by atomic mass is 9.89. The van der Waals surface area contributed by atoms with Gasteiger partial charge in [0.2, 0.25) is 17.7 Å². The van der Waals surface area contributed by atoms with Gasteiger partial charge in [-0.3, -0.25) is 28.8 Å². The van der Waals surface area contributed by atoms with Crippen molar-refractivity contribution in [1.29, 1.82) is 0 Å². The number of carbonyl (C=O) groups is 7. The summed E-state index contributed by atoms with van der Waals surface area (Å²) in [5.74, 6) is -7.46. The summed E-state index contributed by atoms with van der Waals surface area (Å²) >= 11 is 0. The van der Waals surface area contributed by atoms with Crippen LogP contribution in [0.2, 0.25) is 0 Å². The van der Waals surface area contributed by atoms with E-state index in [1.807, 2.05) is 0 Å². The topological polar surface area (TPSA) is 423 Å². The number of nitrogens with two attached hydrogens (primary N) is 4. The van der Waals surface area contributed by atoms with Gasteiger partial charge >= 0.3 is 26.2 Å². The van der Waals surface area contributed by atoms with Crippen LogP contribution in [0.3, 0.4) is 0 Å². The van der Waals surface area contributed by atoms with Crippen molar-refractivity contribution in [2.45, 2.75) is 300 Å². The minimum atomic E-state index is -2.51. The molecule has 0 aromatic heterocycles. The number of aliphatic carboxylic acids is 1. The SMILES string of the molecule is CCCCCCCCCCCCCCCC(=O)OC([C@H](CO)OC(=O)CCCCCCCCCCCCCCC)[C@@](C)(N)C(=O)N[C@H](CCC(=O)N(CC(C)O[C@@H]1[C@@H](N)[C@@H](O)O[C@H](CO)[C@H]1O)[C@](C)(C(C)=O)C(=O)O)C(N)=O.NCCO[P+](=O)O. The monoisotopic (exact) mass is 1240 g/mol. The zero-order chi connectivity index (χ0) is 64.4. The molecule has 0 radical (unpaired) electrons. The molecule has 85 heavy (non-hydrogen) atoms. The molecule has 0 spiro atoms. The summed E-state index contributed by atoms with van der Waals surface area (Å²) in [4.78, 5) is 102. The average molecular weight is 1240 g/mol. The third kappa shape index (κ3) is 33.4. The van der Waals surface area contributed by atoms with E-state index in [9.17, 15) is 63.7 Å². The Bertz CT molecular complexity index is 1890. The lowest BCUT2D eigenvalue weighted by Crippen LogP contribution is -2.67. The van der Waals surface area contributed by atoms with Gasteiger partial charge in [-0.15, -0.1) is 9.42 Å². The van der Waals surface area contributed by atoms with Crippen molar-refractivity contribution in [1.82, 2.24) is 10.2 Å². The number of carbonyl (C=O) groups excluding carboxylic acids is 6. The number of hydrogen-bond acceptors (Lipinski definition) is 20. The molecule has 1 heterocycles.